The fourth-order valence-electron chi connectivity index (χ4n) is 2.17. The minimum Gasteiger partial charge on any atom is -0.477 e. The number of carboxylic acid groups (broad SMARTS) is 1. The topological polar surface area (TPSA) is 102 Å². The maximum absolute atomic E-state index is 10.9. The van der Waals surface area contributed by atoms with Gasteiger partial charge in [0.05, 0.1) is 11.0 Å². The average Bonchev–Trinajstić information content (AvgIpc) is 2.45. The number of nitro groups is 1. The first-order valence-electron chi connectivity index (χ1n) is 6.45. The Morgan fingerprint density at radius 2 is 2.30 bits per heavy atom. The number of nitrogens with one attached hydrogen (secondary N) is 1. The summed E-state index contributed by atoms with van der Waals surface area (Å²) in [6.45, 7) is 1.30. The van der Waals surface area contributed by atoms with Gasteiger partial charge in [0.15, 0.2) is 0 Å². The number of aromatic carboxylic acids is 1. The molecule has 7 heteroatoms. The Hall–Kier alpha value is -2.15. The minimum absolute atomic E-state index is 0.0990. The van der Waals surface area contributed by atoms with Crippen molar-refractivity contribution in [2.75, 3.05) is 18.5 Å². The van der Waals surface area contributed by atoms with Crippen LogP contribution in [-0.4, -0.2) is 35.3 Å². The molecule has 2 rings (SSSR count). The molecule has 1 unspecified atom stereocenters. The zero-order valence-corrected chi connectivity index (χ0v) is 10.9. The third kappa shape index (κ3) is 3.45. The first-order chi connectivity index (χ1) is 9.58. The maximum Gasteiger partial charge on any atom is 0.342 e. The van der Waals surface area contributed by atoms with Crippen molar-refractivity contribution in [3.63, 3.8) is 0 Å². The second-order valence-electron chi connectivity index (χ2n) is 4.66. The van der Waals surface area contributed by atoms with E-state index >= 15 is 0 Å². The number of ether oxygens (including phenoxy) is 1. The van der Waals surface area contributed by atoms with Gasteiger partial charge in [-0.15, -0.1) is 0 Å². The molecule has 0 aliphatic carbocycles. The second-order valence-corrected chi connectivity index (χ2v) is 4.66. The SMILES string of the molecule is O=C(O)c1ccc(NCC2CCCCO2)cc1[N+](=O)[O-]. The maximum atomic E-state index is 10.9. The standard InChI is InChI=1S/C13H16N2O5/c16-13(17)11-5-4-9(7-12(11)15(18)19)14-8-10-3-1-2-6-20-10/h4-5,7,10,14H,1-3,6,8H2,(H,16,17). The smallest absolute Gasteiger partial charge is 0.342 e. The van der Waals surface area contributed by atoms with Crippen LogP contribution in [0.25, 0.3) is 0 Å². The third-order valence-corrected chi connectivity index (χ3v) is 3.23. The summed E-state index contributed by atoms with van der Waals surface area (Å²) in [5.74, 6) is -1.31. The van der Waals surface area contributed by atoms with Gasteiger partial charge in [0, 0.05) is 24.9 Å². The number of nitrogens with zero attached hydrogens (tertiary/aromatic N) is 1. The lowest BCUT2D eigenvalue weighted by molar-refractivity contribution is -0.385. The molecule has 0 aromatic heterocycles. The quantitative estimate of drug-likeness (QED) is 0.633. The Morgan fingerprint density at radius 1 is 1.50 bits per heavy atom. The fourth-order valence-corrected chi connectivity index (χ4v) is 2.17. The first kappa shape index (κ1) is 14.3. The number of hydrogen-bond donors (Lipinski definition) is 2. The number of hydrogen-bond acceptors (Lipinski definition) is 5. The molecule has 7 nitrogen and oxygen atoms in total. The Morgan fingerprint density at radius 3 is 2.90 bits per heavy atom. The van der Waals surface area contributed by atoms with E-state index in [4.69, 9.17) is 9.84 Å². The number of anilines is 1. The van der Waals surface area contributed by atoms with Crippen LogP contribution < -0.4 is 5.32 Å². The highest BCUT2D eigenvalue weighted by Crippen LogP contribution is 2.23. The zero-order valence-electron chi connectivity index (χ0n) is 10.9. The third-order valence-electron chi connectivity index (χ3n) is 3.23. The van der Waals surface area contributed by atoms with E-state index in [0.717, 1.165) is 25.9 Å². The van der Waals surface area contributed by atoms with E-state index in [1.807, 2.05) is 0 Å². The van der Waals surface area contributed by atoms with Crippen LogP contribution in [0.3, 0.4) is 0 Å². The molecule has 1 atom stereocenters. The van der Waals surface area contributed by atoms with Crippen LogP contribution in [0.5, 0.6) is 0 Å². The van der Waals surface area contributed by atoms with E-state index in [1.165, 1.54) is 18.2 Å². The molecule has 0 radical (unpaired) electrons. The van der Waals surface area contributed by atoms with Crippen molar-refractivity contribution < 1.29 is 19.6 Å². The minimum atomic E-state index is -1.31. The van der Waals surface area contributed by atoms with Crippen LogP contribution in [0.4, 0.5) is 11.4 Å². The summed E-state index contributed by atoms with van der Waals surface area (Å²) in [5.41, 5.74) is -0.197. The van der Waals surface area contributed by atoms with Gasteiger partial charge in [0.2, 0.25) is 0 Å². The molecule has 1 fully saturated rings. The molecular formula is C13H16N2O5. The van der Waals surface area contributed by atoms with E-state index in [1.54, 1.807) is 0 Å². The lowest BCUT2D eigenvalue weighted by Gasteiger charge is -2.23. The summed E-state index contributed by atoms with van der Waals surface area (Å²) < 4.78 is 5.55. The van der Waals surface area contributed by atoms with Gasteiger partial charge in [-0.05, 0) is 31.4 Å². The summed E-state index contributed by atoms with van der Waals surface area (Å²) in [6, 6.07) is 4.01. The van der Waals surface area contributed by atoms with Gasteiger partial charge in [-0.2, -0.15) is 0 Å². The predicted octanol–water partition coefficient (Wildman–Crippen LogP) is 2.27. The van der Waals surface area contributed by atoms with Crippen molar-refractivity contribution in [2.24, 2.45) is 0 Å². The summed E-state index contributed by atoms with van der Waals surface area (Å²) in [7, 11) is 0. The lowest BCUT2D eigenvalue weighted by Crippen LogP contribution is -2.27. The Labute approximate surface area is 115 Å². The highest BCUT2D eigenvalue weighted by molar-refractivity contribution is 5.93. The van der Waals surface area contributed by atoms with Crippen LogP contribution in [0.15, 0.2) is 18.2 Å². The molecule has 1 aromatic carbocycles. The Bertz CT molecular complexity index is 511. The van der Waals surface area contributed by atoms with Gasteiger partial charge in [0.1, 0.15) is 5.56 Å². The van der Waals surface area contributed by atoms with Crippen molar-refractivity contribution in [3.05, 3.63) is 33.9 Å². The largest absolute Gasteiger partial charge is 0.477 e. The fraction of sp³-hybridized carbons (Fsp3) is 0.462. The van der Waals surface area contributed by atoms with Crippen LogP contribution in [-0.2, 0) is 4.74 Å². The van der Waals surface area contributed by atoms with Crippen LogP contribution in [0.1, 0.15) is 29.6 Å². The predicted molar refractivity (Wildman–Crippen MR) is 72.1 cm³/mol. The first-order valence-corrected chi connectivity index (χ1v) is 6.45. The molecule has 108 valence electrons. The number of nitro benzene ring substituents is 1. The molecular weight excluding hydrogens is 264 g/mol. The van der Waals surface area contributed by atoms with Crippen LogP contribution in [0, 0.1) is 10.1 Å². The van der Waals surface area contributed by atoms with E-state index in [9.17, 15) is 14.9 Å². The molecule has 20 heavy (non-hydrogen) atoms. The number of rotatable bonds is 5. The van der Waals surface area contributed by atoms with Crippen LogP contribution >= 0.6 is 0 Å². The van der Waals surface area contributed by atoms with Gasteiger partial charge in [-0.25, -0.2) is 4.79 Å². The molecule has 0 bridgehead atoms. The monoisotopic (exact) mass is 280 g/mol. The van der Waals surface area contributed by atoms with Crippen molar-refractivity contribution >= 4 is 17.3 Å². The van der Waals surface area contributed by atoms with E-state index in [2.05, 4.69) is 5.32 Å². The lowest BCUT2D eigenvalue weighted by atomic mass is 10.1. The normalized spacial score (nSPS) is 18.5. The van der Waals surface area contributed by atoms with Crippen molar-refractivity contribution in [3.8, 4) is 0 Å². The van der Waals surface area contributed by atoms with Crippen molar-refractivity contribution in [2.45, 2.75) is 25.4 Å². The number of benzene rings is 1. The summed E-state index contributed by atoms with van der Waals surface area (Å²) >= 11 is 0. The Kier molecular flexibility index (Phi) is 4.52. The van der Waals surface area contributed by atoms with Gasteiger partial charge in [-0.3, -0.25) is 10.1 Å². The van der Waals surface area contributed by atoms with Gasteiger partial charge in [0.25, 0.3) is 5.69 Å². The molecule has 1 aliphatic rings. The van der Waals surface area contributed by atoms with E-state index in [-0.39, 0.29) is 11.7 Å². The molecule has 1 heterocycles. The molecule has 0 spiro atoms. The van der Waals surface area contributed by atoms with Gasteiger partial charge >= 0.3 is 5.97 Å². The van der Waals surface area contributed by atoms with Gasteiger partial charge < -0.3 is 15.2 Å². The van der Waals surface area contributed by atoms with E-state index < -0.39 is 16.6 Å². The van der Waals surface area contributed by atoms with Gasteiger partial charge in [-0.1, -0.05) is 0 Å². The second kappa shape index (κ2) is 6.33. The Balaban J connectivity index is 2.06. The number of carbonyl (C=O) groups is 1. The van der Waals surface area contributed by atoms with E-state index in [0.29, 0.717) is 12.2 Å². The summed E-state index contributed by atoms with van der Waals surface area (Å²) in [5, 5.41) is 22.8. The average molecular weight is 280 g/mol. The molecule has 1 aromatic rings. The molecule has 0 amide bonds. The van der Waals surface area contributed by atoms with Crippen LogP contribution in [0.2, 0.25) is 0 Å². The molecule has 1 saturated heterocycles. The van der Waals surface area contributed by atoms with Crippen molar-refractivity contribution in [1.29, 1.82) is 0 Å². The molecule has 1 aliphatic heterocycles. The zero-order chi connectivity index (χ0) is 14.5. The summed E-state index contributed by atoms with van der Waals surface area (Å²) in [6.07, 6.45) is 3.24. The highest BCUT2D eigenvalue weighted by Gasteiger charge is 2.20. The highest BCUT2D eigenvalue weighted by atomic mass is 16.6. The molecule has 0 saturated carbocycles. The number of carboxylic acids is 1. The summed E-state index contributed by atoms with van der Waals surface area (Å²) in [4.78, 5) is 21.1. The molecule has 2 N–H and O–H groups in total. The van der Waals surface area contributed by atoms with Crippen molar-refractivity contribution in [1.82, 2.24) is 0 Å².